The van der Waals surface area contributed by atoms with Crippen molar-refractivity contribution in [3.63, 3.8) is 0 Å². The number of nitrogens with zero attached hydrogens (tertiary/aromatic N) is 1. The number of rotatable bonds is 3. The molecular weight excluding hydrogens is 216 g/mol. The van der Waals surface area contributed by atoms with Crippen molar-refractivity contribution in [2.45, 2.75) is 32.7 Å². The van der Waals surface area contributed by atoms with E-state index in [2.05, 4.69) is 11.8 Å². The zero-order valence-electron chi connectivity index (χ0n) is 10.1. The number of amides is 2. The van der Waals surface area contributed by atoms with Gasteiger partial charge in [0.25, 0.3) is 0 Å². The summed E-state index contributed by atoms with van der Waals surface area (Å²) in [6, 6.07) is -0.582. The summed E-state index contributed by atoms with van der Waals surface area (Å²) in [6.07, 6.45) is 5.81. The van der Waals surface area contributed by atoms with Crippen LogP contribution in [0.5, 0.6) is 0 Å². The van der Waals surface area contributed by atoms with Gasteiger partial charge in [0.05, 0.1) is 0 Å². The quantitative estimate of drug-likeness (QED) is 0.736. The number of carbonyl (C=O) groups is 2. The summed E-state index contributed by atoms with van der Waals surface area (Å²) < 4.78 is 0. The Hall–Kier alpha value is -2.02. The fourth-order valence-electron chi connectivity index (χ4n) is 1.66. The highest BCUT2D eigenvalue weighted by Crippen LogP contribution is 2.13. The molecule has 4 nitrogen and oxygen atoms in total. The number of allylic oxidation sites excluding steroid dienone is 2. The highest BCUT2D eigenvalue weighted by Gasteiger charge is 2.25. The first-order chi connectivity index (χ1) is 8.10. The van der Waals surface area contributed by atoms with Crippen LogP contribution in [0, 0.1) is 11.8 Å². The summed E-state index contributed by atoms with van der Waals surface area (Å²) in [6.45, 7) is 3.55. The van der Waals surface area contributed by atoms with Crippen LogP contribution in [0.25, 0.3) is 0 Å². The maximum Gasteiger partial charge on any atom is 0.240 e. The van der Waals surface area contributed by atoms with Crippen LogP contribution in [0.1, 0.15) is 26.7 Å². The van der Waals surface area contributed by atoms with Crippen molar-refractivity contribution in [3.05, 3.63) is 23.9 Å². The molecule has 0 fully saturated rings. The minimum absolute atomic E-state index is 0.139. The van der Waals surface area contributed by atoms with Gasteiger partial charge in [0.1, 0.15) is 6.04 Å². The van der Waals surface area contributed by atoms with E-state index in [0.717, 1.165) is 5.57 Å². The zero-order chi connectivity index (χ0) is 12.8. The Bertz CT molecular complexity index is 438. The highest BCUT2D eigenvalue weighted by atomic mass is 16.2. The first kappa shape index (κ1) is 13.0. The zero-order valence-corrected chi connectivity index (χ0v) is 10.1. The van der Waals surface area contributed by atoms with Gasteiger partial charge in [0, 0.05) is 18.2 Å². The van der Waals surface area contributed by atoms with Crippen molar-refractivity contribution in [1.82, 2.24) is 4.90 Å². The molecule has 0 spiro atoms. The summed E-state index contributed by atoms with van der Waals surface area (Å²) in [5.74, 6) is 5.02. The van der Waals surface area contributed by atoms with Gasteiger partial charge in [-0.1, -0.05) is 18.9 Å². The topological polar surface area (TPSA) is 63.4 Å². The van der Waals surface area contributed by atoms with Crippen LogP contribution in [-0.4, -0.2) is 22.8 Å². The molecule has 1 aliphatic heterocycles. The predicted octanol–water partition coefficient (Wildman–Crippen LogP) is 0.946. The molecular formula is C13H16N2O2. The Morgan fingerprint density at radius 2 is 2.35 bits per heavy atom. The second-order valence-corrected chi connectivity index (χ2v) is 3.68. The summed E-state index contributed by atoms with van der Waals surface area (Å²) in [4.78, 5) is 24.5. The van der Waals surface area contributed by atoms with Gasteiger partial charge in [0.2, 0.25) is 11.8 Å². The molecule has 0 saturated heterocycles. The van der Waals surface area contributed by atoms with Gasteiger partial charge < -0.3 is 10.6 Å². The van der Waals surface area contributed by atoms with E-state index in [0.29, 0.717) is 6.42 Å². The Morgan fingerprint density at radius 3 is 2.88 bits per heavy atom. The SMILES string of the molecule is CC#CC1=CCC(=O)N(C(CC)C(N)=O)C=C1. The number of carbonyl (C=O) groups excluding carboxylic acids is 2. The van der Waals surface area contributed by atoms with Crippen molar-refractivity contribution in [2.24, 2.45) is 5.73 Å². The third-order valence-corrected chi connectivity index (χ3v) is 2.52. The molecule has 1 aliphatic rings. The molecule has 2 amide bonds. The van der Waals surface area contributed by atoms with Gasteiger partial charge in [-0.05, 0) is 19.4 Å². The fraction of sp³-hybridized carbons (Fsp3) is 0.385. The molecule has 0 aliphatic carbocycles. The lowest BCUT2D eigenvalue weighted by Crippen LogP contribution is -2.44. The second kappa shape index (κ2) is 5.90. The molecule has 2 N–H and O–H groups in total. The van der Waals surface area contributed by atoms with Crippen molar-refractivity contribution < 1.29 is 9.59 Å². The first-order valence-corrected chi connectivity index (χ1v) is 5.51. The summed E-state index contributed by atoms with van der Waals surface area (Å²) in [5, 5.41) is 0. The van der Waals surface area contributed by atoms with E-state index in [1.807, 2.05) is 6.92 Å². The fourth-order valence-corrected chi connectivity index (χ4v) is 1.66. The number of nitrogens with two attached hydrogens (primary N) is 1. The molecule has 1 rings (SSSR count). The molecule has 1 unspecified atom stereocenters. The van der Waals surface area contributed by atoms with E-state index in [4.69, 9.17) is 5.73 Å². The summed E-state index contributed by atoms with van der Waals surface area (Å²) in [5.41, 5.74) is 6.05. The maximum absolute atomic E-state index is 11.8. The smallest absolute Gasteiger partial charge is 0.240 e. The lowest BCUT2D eigenvalue weighted by atomic mass is 10.2. The van der Waals surface area contributed by atoms with Crippen molar-refractivity contribution in [2.75, 3.05) is 0 Å². The summed E-state index contributed by atoms with van der Waals surface area (Å²) in [7, 11) is 0. The molecule has 0 aromatic carbocycles. The van der Waals surface area contributed by atoms with Crippen LogP contribution in [0.4, 0.5) is 0 Å². The van der Waals surface area contributed by atoms with Crippen molar-refractivity contribution in [1.29, 1.82) is 0 Å². The Balaban J connectivity index is 2.96. The van der Waals surface area contributed by atoms with Gasteiger partial charge >= 0.3 is 0 Å². The van der Waals surface area contributed by atoms with Gasteiger partial charge in [-0.25, -0.2) is 0 Å². The van der Waals surface area contributed by atoms with Gasteiger partial charge in [-0.3, -0.25) is 9.59 Å². The molecule has 0 aromatic heterocycles. The molecule has 90 valence electrons. The third-order valence-electron chi connectivity index (χ3n) is 2.52. The molecule has 4 heteroatoms. The Morgan fingerprint density at radius 1 is 1.65 bits per heavy atom. The molecule has 17 heavy (non-hydrogen) atoms. The minimum atomic E-state index is -0.582. The normalized spacial score (nSPS) is 16.7. The van der Waals surface area contributed by atoms with Gasteiger partial charge in [-0.15, -0.1) is 5.92 Å². The molecule has 1 heterocycles. The molecule has 0 radical (unpaired) electrons. The Kier molecular flexibility index (Phi) is 4.53. The lowest BCUT2D eigenvalue weighted by molar-refractivity contribution is -0.135. The predicted molar refractivity (Wildman–Crippen MR) is 65.4 cm³/mol. The van der Waals surface area contributed by atoms with Crippen LogP contribution in [0.15, 0.2) is 23.9 Å². The van der Waals surface area contributed by atoms with Gasteiger partial charge in [-0.2, -0.15) is 0 Å². The van der Waals surface area contributed by atoms with Crippen LogP contribution in [-0.2, 0) is 9.59 Å². The monoisotopic (exact) mass is 232 g/mol. The largest absolute Gasteiger partial charge is 0.368 e. The van der Waals surface area contributed by atoms with Crippen molar-refractivity contribution >= 4 is 11.8 Å². The lowest BCUT2D eigenvalue weighted by Gasteiger charge is -2.24. The van der Waals surface area contributed by atoms with E-state index in [1.54, 1.807) is 25.3 Å². The van der Waals surface area contributed by atoms with E-state index in [-0.39, 0.29) is 12.3 Å². The second-order valence-electron chi connectivity index (χ2n) is 3.68. The standard InChI is InChI=1S/C13H16N2O2/c1-3-5-10-6-7-12(16)15(9-8-10)11(4-2)13(14)17/h6,8-9,11H,4,7H2,1-2H3,(H2,14,17). The van der Waals surface area contributed by atoms with Crippen LogP contribution in [0.2, 0.25) is 0 Å². The molecule has 0 bridgehead atoms. The number of hydrogen-bond acceptors (Lipinski definition) is 2. The van der Waals surface area contributed by atoms with E-state index < -0.39 is 11.9 Å². The number of primary amides is 1. The van der Waals surface area contributed by atoms with E-state index >= 15 is 0 Å². The van der Waals surface area contributed by atoms with Crippen LogP contribution in [0.3, 0.4) is 0 Å². The molecule has 1 atom stereocenters. The summed E-state index contributed by atoms with van der Waals surface area (Å²) >= 11 is 0. The maximum atomic E-state index is 11.8. The minimum Gasteiger partial charge on any atom is -0.368 e. The van der Waals surface area contributed by atoms with Crippen molar-refractivity contribution in [3.8, 4) is 11.8 Å². The first-order valence-electron chi connectivity index (χ1n) is 5.51. The van der Waals surface area contributed by atoms with Crippen LogP contribution >= 0.6 is 0 Å². The third kappa shape index (κ3) is 3.22. The average molecular weight is 232 g/mol. The van der Waals surface area contributed by atoms with Gasteiger partial charge in [0.15, 0.2) is 0 Å². The highest BCUT2D eigenvalue weighted by molar-refractivity contribution is 5.88. The van der Waals surface area contributed by atoms with E-state index in [9.17, 15) is 9.59 Å². The molecule has 0 saturated carbocycles. The number of hydrogen-bond donors (Lipinski definition) is 1. The average Bonchev–Trinajstić information content (AvgIpc) is 2.45. The Labute approximate surface area is 101 Å². The molecule has 0 aromatic rings. The van der Waals surface area contributed by atoms with Crippen LogP contribution < -0.4 is 5.73 Å². The van der Waals surface area contributed by atoms with E-state index in [1.165, 1.54) is 4.90 Å².